The molecule has 35 heavy (non-hydrogen) atoms. The molecule has 0 bridgehead atoms. The van der Waals surface area contributed by atoms with Crippen LogP contribution in [0.4, 0.5) is 28.2 Å². The van der Waals surface area contributed by atoms with Crippen LogP contribution in [0.3, 0.4) is 0 Å². The van der Waals surface area contributed by atoms with Crippen molar-refractivity contribution in [2.45, 2.75) is 43.9 Å². The first kappa shape index (κ1) is 23.1. The van der Waals surface area contributed by atoms with Crippen molar-refractivity contribution in [1.29, 1.82) is 0 Å². The van der Waals surface area contributed by atoms with Gasteiger partial charge >= 0.3 is 12.2 Å². The Bertz CT molecular complexity index is 1310. The normalized spacial score (nSPS) is 16.8. The summed E-state index contributed by atoms with van der Waals surface area (Å²) < 4.78 is 55.8. The number of amides is 2. The van der Waals surface area contributed by atoms with Crippen molar-refractivity contribution in [2.75, 3.05) is 18.8 Å². The quantitative estimate of drug-likeness (QED) is 0.539. The minimum absolute atomic E-state index is 0.226. The molecule has 0 unspecified atom stereocenters. The second-order valence-corrected chi connectivity index (χ2v) is 9.71. The molecule has 5 rings (SSSR count). The van der Waals surface area contributed by atoms with E-state index in [0.717, 1.165) is 18.2 Å². The van der Waals surface area contributed by atoms with Crippen LogP contribution >= 0.6 is 0 Å². The Balaban J connectivity index is 1.32. The van der Waals surface area contributed by atoms with Crippen molar-refractivity contribution >= 4 is 11.8 Å². The monoisotopic (exact) mass is 488 g/mol. The zero-order chi connectivity index (χ0) is 25.2. The molecule has 2 aliphatic rings. The number of alkyl halides is 3. The van der Waals surface area contributed by atoms with Crippen molar-refractivity contribution in [1.82, 2.24) is 25.0 Å². The maximum absolute atomic E-state index is 14.2. The molecule has 11 heteroatoms. The van der Waals surface area contributed by atoms with Gasteiger partial charge in [-0.15, -0.1) is 0 Å². The number of hydrogen-bond acceptors (Lipinski definition) is 4. The van der Waals surface area contributed by atoms with Gasteiger partial charge in [-0.3, -0.25) is 4.68 Å². The number of nitrogen functional groups attached to an aromatic ring is 1. The van der Waals surface area contributed by atoms with Gasteiger partial charge in [-0.1, -0.05) is 18.2 Å². The standard InChI is InChI=1S/C24H24F4N6O/c1-22(2,15-5-3-4-6-17(15)25)31-21(35)33-12-23(13-33)7-8-34-19(23)10-18(32-34)14-9-16(24(26,27)28)20(29)30-11-14/h3-6,9-11H,7-8,12-13H2,1-2H3,(H2,29,30)(H,31,35). The van der Waals surface area contributed by atoms with Gasteiger partial charge < -0.3 is 16.0 Å². The third-order valence-electron chi connectivity index (χ3n) is 6.89. The molecule has 1 spiro atoms. The van der Waals surface area contributed by atoms with E-state index in [1.165, 1.54) is 12.3 Å². The summed E-state index contributed by atoms with van der Waals surface area (Å²) in [6.07, 6.45) is -2.57. The van der Waals surface area contributed by atoms with Gasteiger partial charge in [0.15, 0.2) is 0 Å². The average molecular weight is 488 g/mol. The topological polar surface area (TPSA) is 89.1 Å². The van der Waals surface area contributed by atoms with Crippen LogP contribution in [0.25, 0.3) is 11.3 Å². The number of benzene rings is 1. The second-order valence-electron chi connectivity index (χ2n) is 9.71. The van der Waals surface area contributed by atoms with Crippen LogP contribution in [0, 0.1) is 5.82 Å². The molecule has 1 saturated heterocycles. The first-order valence-corrected chi connectivity index (χ1v) is 11.1. The lowest BCUT2D eigenvalue weighted by molar-refractivity contribution is -0.137. The molecular weight excluding hydrogens is 464 g/mol. The maximum Gasteiger partial charge on any atom is 0.419 e. The lowest BCUT2D eigenvalue weighted by Crippen LogP contribution is -2.64. The number of carbonyl (C=O) groups is 1. The molecule has 7 nitrogen and oxygen atoms in total. The number of nitrogens with two attached hydrogens (primary N) is 1. The van der Waals surface area contributed by atoms with E-state index in [2.05, 4.69) is 15.4 Å². The van der Waals surface area contributed by atoms with Gasteiger partial charge in [0.1, 0.15) is 11.6 Å². The van der Waals surface area contributed by atoms with Gasteiger partial charge in [-0.25, -0.2) is 14.2 Å². The lowest BCUT2D eigenvalue weighted by atomic mass is 9.76. The fourth-order valence-corrected chi connectivity index (χ4v) is 4.98. The van der Waals surface area contributed by atoms with E-state index < -0.39 is 28.9 Å². The zero-order valence-electron chi connectivity index (χ0n) is 19.2. The Morgan fingerprint density at radius 1 is 1.14 bits per heavy atom. The maximum atomic E-state index is 14.2. The molecule has 1 fully saturated rings. The molecule has 0 atom stereocenters. The number of urea groups is 1. The van der Waals surface area contributed by atoms with Crippen LogP contribution in [0.1, 0.15) is 37.1 Å². The van der Waals surface area contributed by atoms with Crippen molar-refractivity contribution in [2.24, 2.45) is 0 Å². The molecule has 4 heterocycles. The molecule has 0 aliphatic carbocycles. The van der Waals surface area contributed by atoms with E-state index in [9.17, 15) is 22.4 Å². The van der Waals surface area contributed by atoms with Gasteiger partial charge in [-0.2, -0.15) is 18.3 Å². The van der Waals surface area contributed by atoms with Gasteiger partial charge in [0.05, 0.1) is 16.8 Å². The Morgan fingerprint density at radius 3 is 2.54 bits per heavy atom. The summed E-state index contributed by atoms with van der Waals surface area (Å²) in [5, 5.41) is 7.38. The van der Waals surface area contributed by atoms with Gasteiger partial charge in [0.2, 0.25) is 0 Å². The molecule has 3 aromatic rings. The molecule has 0 saturated carbocycles. The summed E-state index contributed by atoms with van der Waals surface area (Å²) in [7, 11) is 0. The van der Waals surface area contributed by atoms with E-state index >= 15 is 0 Å². The SMILES string of the molecule is CC(C)(NC(=O)N1CC2(CCn3nc(-c4cnc(N)c(C(F)(F)F)c4)cc32)C1)c1ccccc1F. The Labute approximate surface area is 198 Å². The van der Waals surface area contributed by atoms with Crippen LogP contribution < -0.4 is 11.1 Å². The third kappa shape index (κ3) is 3.88. The second kappa shape index (κ2) is 7.69. The smallest absolute Gasteiger partial charge is 0.383 e. The molecule has 1 aromatic carbocycles. The van der Waals surface area contributed by atoms with Gasteiger partial charge in [0, 0.05) is 48.1 Å². The highest BCUT2D eigenvalue weighted by Crippen LogP contribution is 2.44. The van der Waals surface area contributed by atoms with Crippen LogP contribution in [-0.2, 0) is 23.7 Å². The summed E-state index contributed by atoms with van der Waals surface area (Å²) in [4.78, 5) is 18.3. The fourth-order valence-electron chi connectivity index (χ4n) is 4.98. The predicted molar refractivity (Wildman–Crippen MR) is 121 cm³/mol. The number of pyridine rings is 1. The minimum atomic E-state index is -4.62. The highest BCUT2D eigenvalue weighted by Gasteiger charge is 2.52. The number of nitrogens with one attached hydrogen (secondary N) is 1. The number of anilines is 1. The lowest BCUT2D eigenvalue weighted by Gasteiger charge is -2.48. The van der Waals surface area contributed by atoms with Crippen LogP contribution in [0.15, 0.2) is 42.6 Å². The molecule has 2 aliphatic heterocycles. The number of likely N-dealkylation sites (tertiary alicyclic amines) is 1. The van der Waals surface area contributed by atoms with Crippen molar-refractivity contribution in [3.8, 4) is 11.3 Å². The molecule has 2 amide bonds. The number of aryl methyl sites for hydroxylation is 1. The zero-order valence-corrected chi connectivity index (χ0v) is 19.2. The highest BCUT2D eigenvalue weighted by atomic mass is 19.4. The predicted octanol–water partition coefficient (Wildman–Crippen LogP) is 4.29. The number of carbonyl (C=O) groups excluding carboxylic acids is 1. The number of aromatic nitrogens is 3. The first-order valence-electron chi connectivity index (χ1n) is 11.1. The largest absolute Gasteiger partial charge is 0.419 e. The third-order valence-corrected chi connectivity index (χ3v) is 6.89. The molecule has 184 valence electrons. The number of fused-ring (bicyclic) bond motifs is 2. The number of hydrogen-bond donors (Lipinski definition) is 2. The van der Waals surface area contributed by atoms with E-state index in [1.807, 2.05) is 0 Å². The van der Waals surface area contributed by atoms with Crippen LogP contribution in [0.2, 0.25) is 0 Å². The summed E-state index contributed by atoms with van der Waals surface area (Å²) >= 11 is 0. The van der Waals surface area contributed by atoms with Crippen molar-refractivity contribution in [3.63, 3.8) is 0 Å². The Kier molecular flexibility index (Phi) is 5.08. The molecule has 3 N–H and O–H groups in total. The summed E-state index contributed by atoms with van der Waals surface area (Å²) in [6.45, 7) is 4.95. The number of nitrogens with zero attached hydrogens (tertiary/aromatic N) is 4. The van der Waals surface area contributed by atoms with Gasteiger partial charge in [-0.05, 0) is 38.5 Å². The Morgan fingerprint density at radius 2 is 1.86 bits per heavy atom. The molecule has 0 radical (unpaired) electrons. The molecule has 2 aromatic heterocycles. The first-order chi connectivity index (χ1) is 16.4. The van der Waals surface area contributed by atoms with Crippen molar-refractivity contribution in [3.05, 3.63) is 65.2 Å². The number of rotatable bonds is 3. The van der Waals surface area contributed by atoms with Crippen LogP contribution in [0.5, 0.6) is 0 Å². The van der Waals surface area contributed by atoms with Gasteiger partial charge in [0.25, 0.3) is 0 Å². The molecular formula is C24H24F4N6O. The number of halogens is 4. The average Bonchev–Trinajstić information content (AvgIpc) is 3.31. The van der Waals surface area contributed by atoms with Crippen molar-refractivity contribution < 1.29 is 22.4 Å². The summed E-state index contributed by atoms with van der Waals surface area (Å²) in [5.41, 5.74) is 5.05. The van der Waals surface area contributed by atoms with E-state index in [0.29, 0.717) is 30.9 Å². The van der Waals surface area contributed by atoms with E-state index in [4.69, 9.17) is 5.73 Å². The highest BCUT2D eigenvalue weighted by molar-refractivity contribution is 5.77. The van der Waals surface area contributed by atoms with E-state index in [-0.39, 0.29) is 17.0 Å². The van der Waals surface area contributed by atoms with E-state index in [1.54, 1.807) is 47.7 Å². The fraction of sp³-hybridized carbons (Fsp3) is 0.375. The summed E-state index contributed by atoms with van der Waals surface area (Å²) in [5.74, 6) is -0.973. The van der Waals surface area contributed by atoms with Crippen LogP contribution in [-0.4, -0.2) is 38.8 Å². The Hall–Kier alpha value is -3.63. The summed E-state index contributed by atoms with van der Waals surface area (Å²) in [6, 6.07) is 8.72. The minimum Gasteiger partial charge on any atom is -0.383 e.